The number of carboxylic acids is 1. The smallest absolute Gasteiger partial charge is 0.355 e. The van der Waals surface area contributed by atoms with Gasteiger partial charge in [0, 0.05) is 58.4 Å². The monoisotopic (exact) mass is 597 g/mol. The third-order valence-corrected chi connectivity index (χ3v) is 8.67. The first kappa shape index (κ1) is 28.5. The quantitative estimate of drug-likeness (QED) is 0.211. The number of nitrogens with one attached hydrogen (secondary N) is 3. The summed E-state index contributed by atoms with van der Waals surface area (Å²) >= 11 is 1.56. The van der Waals surface area contributed by atoms with Gasteiger partial charge in [-0.1, -0.05) is 12.1 Å². The van der Waals surface area contributed by atoms with Crippen molar-refractivity contribution in [3.8, 4) is 27.3 Å². The van der Waals surface area contributed by atoms with Crippen LogP contribution < -0.4 is 26.4 Å². The van der Waals surface area contributed by atoms with Crippen LogP contribution in [0.1, 0.15) is 55.3 Å². The van der Waals surface area contributed by atoms with Crippen molar-refractivity contribution in [2.24, 2.45) is 5.73 Å². The largest absolute Gasteiger partial charge is 0.493 e. The van der Waals surface area contributed by atoms with Crippen molar-refractivity contribution in [3.63, 3.8) is 0 Å². The summed E-state index contributed by atoms with van der Waals surface area (Å²) < 4.78 is 6.10. The topological polar surface area (TPSA) is 156 Å². The summed E-state index contributed by atoms with van der Waals surface area (Å²) in [5.41, 5.74) is 9.54. The zero-order valence-electron chi connectivity index (χ0n) is 23.3. The number of fused-ring (bicyclic) bond motifs is 3. The molecule has 11 heteroatoms. The zero-order chi connectivity index (χ0) is 29.9. The van der Waals surface area contributed by atoms with Crippen molar-refractivity contribution >= 4 is 34.8 Å². The van der Waals surface area contributed by atoms with Crippen molar-refractivity contribution in [1.29, 1.82) is 0 Å². The minimum atomic E-state index is -1.32. The van der Waals surface area contributed by atoms with Gasteiger partial charge in [0.25, 0.3) is 11.8 Å². The molecular weight excluding hydrogens is 566 g/mol. The lowest BCUT2D eigenvalue weighted by atomic mass is 9.93. The standard InChI is InChI=1S/C32H31N5O5S/c33-16-18-3-5-20(6-4-18)35-30(38)24-14-25-27(42-12-9-19-10-13-43-29(19)25)15-23(24)22-7-8-26(37-28(22)32(40)41)31(39)36-21-2-1-11-34-17-21/h3-8,10,13-15,21,34H,1-2,9,11-12,16-17,33H2,(H,35,38)(H,36,39)(H,40,41). The fourth-order valence-corrected chi connectivity index (χ4v) is 6.43. The van der Waals surface area contributed by atoms with Crippen LogP contribution in [0.25, 0.3) is 21.6 Å². The number of amides is 2. The van der Waals surface area contributed by atoms with Gasteiger partial charge in [0.1, 0.15) is 11.4 Å². The van der Waals surface area contributed by atoms with Crippen LogP contribution in [0.4, 0.5) is 5.69 Å². The lowest BCUT2D eigenvalue weighted by Crippen LogP contribution is -2.45. The van der Waals surface area contributed by atoms with E-state index in [0.29, 0.717) is 43.1 Å². The van der Waals surface area contributed by atoms with E-state index >= 15 is 0 Å². The number of aromatic nitrogens is 1. The van der Waals surface area contributed by atoms with Gasteiger partial charge in [-0.25, -0.2) is 9.78 Å². The van der Waals surface area contributed by atoms with E-state index < -0.39 is 17.8 Å². The van der Waals surface area contributed by atoms with Gasteiger partial charge in [0.05, 0.1) is 6.61 Å². The lowest BCUT2D eigenvalue weighted by Gasteiger charge is -2.23. The molecule has 43 heavy (non-hydrogen) atoms. The summed E-state index contributed by atoms with van der Waals surface area (Å²) in [6.45, 7) is 2.36. The Hall–Kier alpha value is -4.58. The zero-order valence-corrected chi connectivity index (χ0v) is 24.1. The van der Waals surface area contributed by atoms with Crippen molar-refractivity contribution in [2.45, 2.75) is 31.8 Å². The third-order valence-electron chi connectivity index (χ3n) is 7.68. The maximum atomic E-state index is 13.9. The molecular formula is C32H31N5O5S. The van der Waals surface area contributed by atoms with Gasteiger partial charge >= 0.3 is 5.97 Å². The number of nitrogens with zero attached hydrogens (tertiary/aromatic N) is 1. The molecule has 2 aliphatic rings. The maximum absolute atomic E-state index is 13.9. The van der Waals surface area contributed by atoms with Gasteiger partial charge in [-0.05, 0) is 78.4 Å². The molecule has 0 bridgehead atoms. The van der Waals surface area contributed by atoms with E-state index in [-0.39, 0.29) is 28.6 Å². The van der Waals surface area contributed by atoms with Gasteiger partial charge in [-0.2, -0.15) is 0 Å². The Balaban J connectivity index is 1.43. The first-order valence-electron chi connectivity index (χ1n) is 14.2. The number of carboxylic acid groups (broad SMARTS) is 1. The van der Waals surface area contributed by atoms with Crippen LogP contribution in [0.2, 0.25) is 0 Å². The molecule has 2 aromatic heterocycles. The van der Waals surface area contributed by atoms with Gasteiger partial charge in [-0.15, -0.1) is 11.3 Å². The average molecular weight is 598 g/mol. The molecule has 2 aromatic carbocycles. The Morgan fingerprint density at radius 2 is 1.88 bits per heavy atom. The second-order valence-corrected chi connectivity index (χ2v) is 11.5. The van der Waals surface area contributed by atoms with E-state index in [1.807, 2.05) is 23.6 Å². The molecule has 1 fully saturated rings. The van der Waals surface area contributed by atoms with Gasteiger partial charge in [0.15, 0.2) is 5.69 Å². The van der Waals surface area contributed by atoms with E-state index in [2.05, 4.69) is 20.9 Å². The SMILES string of the molecule is NCc1ccc(NC(=O)c2cc3c(cc2-c2ccc(C(=O)NC4CCCNC4)nc2C(=O)O)OCCc2ccsc2-3)cc1. The molecule has 1 saturated heterocycles. The van der Waals surface area contributed by atoms with E-state index in [1.54, 1.807) is 35.6 Å². The molecule has 0 aliphatic carbocycles. The van der Waals surface area contributed by atoms with E-state index in [4.69, 9.17) is 10.5 Å². The molecule has 0 radical (unpaired) electrons. The molecule has 4 heterocycles. The molecule has 6 N–H and O–H groups in total. The Morgan fingerprint density at radius 1 is 1.05 bits per heavy atom. The van der Waals surface area contributed by atoms with Crippen molar-refractivity contribution < 1.29 is 24.2 Å². The summed E-state index contributed by atoms with van der Waals surface area (Å²) in [6, 6.07) is 15.7. The van der Waals surface area contributed by atoms with Crippen LogP contribution in [0, 0.1) is 0 Å². The lowest BCUT2D eigenvalue weighted by molar-refractivity contribution is 0.0691. The highest BCUT2D eigenvalue weighted by atomic mass is 32.1. The van der Waals surface area contributed by atoms with E-state index in [0.717, 1.165) is 41.0 Å². The Morgan fingerprint density at radius 3 is 2.63 bits per heavy atom. The van der Waals surface area contributed by atoms with Gasteiger partial charge < -0.3 is 31.5 Å². The number of carbonyl (C=O) groups is 3. The number of benzene rings is 2. The Labute approximate surface area is 252 Å². The summed E-state index contributed by atoms with van der Waals surface area (Å²) in [5.74, 6) is -1.65. The van der Waals surface area contributed by atoms with Crippen LogP contribution in [0.3, 0.4) is 0 Å². The second-order valence-electron chi connectivity index (χ2n) is 10.5. The summed E-state index contributed by atoms with van der Waals surface area (Å²) in [5, 5.41) is 21.3. The van der Waals surface area contributed by atoms with Crippen LogP contribution in [0.15, 0.2) is 60.0 Å². The highest BCUT2D eigenvalue weighted by Gasteiger charge is 2.27. The molecule has 2 aliphatic heterocycles. The number of carbonyl (C=O) groups excluding carboxylic acids is 2. The number of rotatable bonds is 7. The number of hydrogen-bond acceptors (Lipinski definition) is 8. The average Bonchev–Trinajstić information content (AvgIpc) is 3.42. The highest BCUT2D eigenvalue weighted by molar-refractivity contribution is 7.13. The third kappa shape index (κ3) is 6.00. The minimum Gasteiger partial charge on any atom is -0.493 e. The normalized spacial score (nSPS) is 15.8. The van der Waals surface area contributed by atoms with Crippen LogP contribution in [0.5, 0.6) is 5.75 Å². The molecule has 1 atom stereocenters. The van der Waals surface area contributed by atoms with Crippen molar-refractivity contribution in [2.75, 3.05) is 25.0 Å². The van der Waals surface area contributed by atoms with E-state index in [9.17, 15) is 19.5 Å². The van der Waals surface area contributed by atoms with Crippen molar-refractivity contribution in [1.82, 2.24) is 15.6 Å². The molecule has 1 unspecified atom stereocenters. The number of ether oxygens (including phenoxy) is 1. The molecule has 4 aromatic rings. The molecule has 0 saturated carbocycles. The molecule has 220 valence electrons. The molecule has 10 nitrogen and oxygen atoms in total. The number of nitrogens with two attached hydrogens (primary N) is 1. The predicted molar refractivity (Wildman–Crippen MR) is 165 cm³/mol. The first-order chi connectivity index (χ1) is 20.9. The second kappa shape index (κ2) is 12.3. The number of hydrogen-bond donors (Lipinski definition) is 5. The minimum absolute atomic E-state index is 0.00745. The summed E-state index contributed by atoms with van der Waals surface area (Å²) in [6.07, 6.45) is 2.48. The van der Waals surface area contributed by atoms with Crippen LogP contribution >= 0.6 is 11.3 Å². The molecule has 0 spiro atoms. The van der Waals surface area contributed by atoms with Crippen LogP contribution in [-0.4, -0.2) is 53.6 Å². The van der Waals surface area contributed by atoms with Crippen molar-refractivity contribution in [3.05, 3.63) is 88.1 Å². The maximum Gasteiger partial charge on any atom is 0.355 e. The molecule has 6 rings (SSSR count). The summed E-state index contributed by atoms with van der Waals surface area (Å²) in [4.78, 5) is 44.6. The first-order valence-corrected chi connectivity index (χ1v) is 15.0. The number of thiophene rings is 1. The molecule has 2 amide bonds. The number of anilines is 1. The fraction of sp³-hybridized carbons (Fsp3) is 0.250. The van der Waals surface area contributed by atoms with Gasteiger partial charge in [-0.3, -0.25) is 9.59 Å². The Kier molecular flexibility index (Phi) is 8.19. The van der Waals surface area contributed by atoms with Crippen LogP contribution in [-0.2, 0) is 13.0 Å². The van der Waals surface area contributed by atoms with E-state index in [1.165, 1.54) is 12.1 Å². The van der Waals surface area contributed by atoms with Gasteiger partial charge in [0.2, 0.25) is 0 Å². The number of piperidine rings is 1. The predicted octanol–water partition coefficient (Wildman–Crippen LogP) is 4.30. The highest BCUT2D eigenvalue weighted by Crippen LogP contribution is 2.43. The summed E-state index contributed by atoms with van der Waals surface area (Å²) in [7, 11) is 0. The number of aromatic carboxylic acids is 1. The Bertz CT molecular complexity index is 1690. The number of pyridine rings is 1. The fourth-order valence-electron chi connectivity index (χ4n) is 5.45.